The minimum atomic E-state index is -0.0580. The van der Waals surface area contributed by atoms with Gasteiger partial charge in [0.1, 0.15) is 5.82 Å². The number of piperazine rings is 1. The van der Waals surface area contributed by atoms with Crippen LogP contribution in [0.4, 0.5) is 5.82 Å². The number of carbonyl (C=O) groups is 1. The van der Waals surface area contributed by atoms with E-state index in [0.717, 1.165) is 38.5 Å². The van der Waals surface area contributed by atoms with Crippen LogP contribution in [-0.4, -0.2) is 55.1 Å². The monoisotopic (exact) mass is 262 g/mol. The molecule has 1 saturated heterocycles. The molecule has 1 aromatic heterocycles. The lowest BCUT2D eigenvalue weighted by atomic mass is 10.2. The van der Waals surface area contributed by atoms with Crippen LogP contribution in [0.3, 0.4) is 0 Å². The van der Waals surface area contributed by atoms with Crippen molar-refractivity contribution in [3.8, 4) is 0 Å². The zero-order valence-corrected chi connectivity index (χ0v) is 11.7. The molecule has 0 aromatic carbocycles. The quantitative estimate of drug-likeness (QED) is 0.878. The highest BCUT2D eigenvalue weighted by Gasteiger charge is 2.16. The van der Waals surface area contributed by atoms with E-state index in [1.165, 1.54) is 0 Å². The van der Waals surface area contributed by atoms with E-state index < -0.39 is 0 Å². The normalized spacial score (nSPS) is 16.4. The number of amides is 1. The Labute approximate surface area is 114 Å². The van der Waals surface area contributed by atoms with E-state index in [1.807, 2.05) is 19.1 Å². The van der Waals surface area contributed by atoms with Gasteiger partial charge in [-0.1, -0.05) is 6.92 Å². The van der Waals surface area contributed by atoms with E-state index in [9.17, 15) is 4.79 Å². The largest absolute Gasteiger partial charge is 0.354 e. The van der Waals surface area contributed by atoms with Gasteiger partial charge in [0, 0.05) is 38.9 Å². The second kappa shape index (κ2) is 6.52. The van der Waals surface area contributed by atoms with Crippen LogP contribution >= 0.6 is 0 Å². The smallest absolute Gasteiger partial charge is 0.252 e. The standard InChI is InChI=1S/C14H22N4O/c1-3-15-14(19)12-5-6-13(16-11-12)18-9-7-17(4-2)8-10-18/h5-6,11H,3-4,7-10H2,1-2H3,(H,15,19). The number of hydrogen-bond donors (Lipinski definition) is 1. The summed E-state index contributed by atoms with van der Waals surface area (Å²) in [7, 11) is 0. The van der Waals surface area contributed by atoms with E-state index in [4.69, 9.17) is 0 Å². The number of nitrogens with zero attached hydrogens (tertiary/aromatic N) is 3. The van der Waals surface area contributed by atoms with Gasteiger partial charge < -0.3 is 15.1 Å². The molecule has 0 atom stereocenters. The van der Waals surface area contributed by atoms with Gasteiger partial charge in [-0.05, 0) is 25.6 Å². The van der Waals surface area contributed by atoms with Crippen molar-refractivity contribution < 1.29 is 4.79 Å². The zero-order valence-electron chi connectivity index (χ0n) is 11.7. The van der Waals surface area contributed by atoms with Gasteiger partial charge in [-0.25, -0.2) is 4.98 Å². The first-order valence-corrected chi connectivity index (χ1v) is 6.96. The lowest BCUT2D eigenvalue weighted by Gasteiger charge is -2.34. The summed E-state index contributed by atoms with van der Waals surface area (Å²) in [6.45, 7) is 10.0. The van der Waals surface area contributed by atoms with E-state index in [1.54, 1.807) is 6.20 Å². The van der Waals surface area contributed by atoms with Crippen LogP contribution in [0, 0.1) is 0 Å². The van der Waals surface area contributed by atoms with Crippen molar-refractivity contribution in [2.75, 3.05) is 44.2 Å². The summed E-state index contributed by atoms with van der Waals surface area (Å²) in [5.74, 6) is 0.904. The lowest BCUT2D eigenvalue weighted by Crippen LogP contribution is -2.46. The van der Waals surface area contributed by atoms with Crippen molar-refractivity contribution in [1.29, 1.82) is 0 Å². The fourth-order valence-electron chi connectivity index (χ4n) is 2.26. The van der Waals surface area contributed by atoms with Crippen molar-refractivity contribution in [1.82, 2.24) is 15.2 Å². The molecule has 1 amide bonds. The van der Waals surface area contributed by atoms with Crippen LogP contribution in [0.1, 0.15) is 24.2 Å². The molecule has 1 aromatic rings. The topological polar surface area (TPSA) is 48.5 Å². The number of likely N-dealkylation sites (N-methyl/N-ethyl adjacent to an activating group) is 1. The molecular formula is C14H22N4O. The van der Waals surface area contributed by atoms with Crippen LogP contribution in [0.5, 0.6) is 0 Å². The first-order valence-electron chi connectivity index (χ1n) is 6.96. The first kappa shape index (κ1) is 13.8. The Kier molecular flexibility index (Phi) is 4.74. The van der Waals surface area contributed by atoms with Crippen molar-refractivity contribution >= 4 is 11.7 Å². The molecule has 19 heavy (non-hydrogen) atoms. The second-order valence-corrected chi connectivity index (χ2v) is 4.69. The average Bonchev–Trinajstić information content (AvgIpc) is 2.48. The molecule has 1 aliphatic heterocycles. The number of nitrogens with one attached hydrogen (secondary N) is 1. The van der Waals surface area contributed by atoms with Crippen LogP contribution in [-0.2, 0) is 0 Å². The molecule has 5 nitrogen and oxygen atoms in total. The Bertz CT molecular complexity index is 410. The fraction of sp³-hybridized carbons (Fsp3) is 0.571. The zero-order chi connectivity index (χ0) is 13.7. The maximum atomic E-state index is 11.6. The Morgan fingerprint density at radius 2 is 2.00 bits per heavy atom. The minimum Gasteiger partial charge on any atom is -0.354 e. The molecule has 2 heterocycles. The summed E-state index contributed by atoms with van der Waals surface area (Å²) < 4.78 is 0. The van der Waals surface area contributed by atoms with Crippen LogP contribution in [0.25, 0.3) is 0 Å². The molecule has 0 spiro atoms. The van der Waals surface area contributed by atoms with E-state index in [0.29, 0.717) is 12.1 Å². The van der Waals surface area contributed by atoms with Crippen LogP contribution in [0.2, 0.25) is 0 Å². The molecule has 1 fully saturated rings. The number of pyridine rings is 1. The molecule has 1 aliphatic rings. The van der Waals surface area contributed by atoms with Crippen molar-refractivity contribution in [2.24, 2.45) is 0 Å². The average molecular weight is 262 g/mol. The maximum Gasteiger partial charge on any atom is 0.252 e. The fourth-order valence-corrected chi connectivity index (χ4v) is 2.26. The maximum absolute atomic E-state index is 11.6. The SMILES string of the molecule is CCNC(=O)c1ccc(N2CCN(CC)CC2)nc1. The van der Waals surface area contributed by atoms with E-state index in [2.05, 4.69) is 27.0 Å². The predicted molar refractivity (Wildman–Crippen MR) is 76.6 cm³/mol. The predicted octanol–water partition coefficient (Wildman–Crippen LogP) is 0.973. The van der Waals surface area contributed by atoms with Gasteiger partial charge in [0.15, 0.2) is 0 Å². The van der Waals surface area contributed by atoms with Crippen LogP contribution in [0.15, 0.2) is 18.3 Å². The number of hydrogen-bond acceptors (Lipinski definition) is 4. The second-order valence-electron chi connectivity index (χ2n) is 4.69. The Balaban J connectivity index is 1.97. The molecule has 5 heteroatoms. The van der Waals surface area contributed by atoms with E-state index in [-0.39, 0.29) is 5.91 Å². The van der Waals surface area contributed by atoms with Crippen molar-refractivity contribution in [2.45, 2.75) is 13.8 Å². The van der Waals surface area contributed by atoms with Crippen molar-refractivity contribution in [3.63, 3.8) is 0 Å². The van der Waals surface area contributed by atoms with Gasteiger partial charge in [-0.3, -0.25) is 4.79 Å². The van der Waals surface area contributed by atoms with Gasteiger partial charge in [0.25, 0.3) is 5.91 Å². The third-order valence-electron chi connectivity index (χ3n) is 3.49. The Morgan fingerprint density at radius 3 is 2.53 bits per heavy atom. The molecule has 0 aliphatic carbocycles. The van der Waals surface area contributed by atoms with Crippen molar-refractivity contribution in [3.05, 3.63) is 23.9 Å². The number of aromatic nitrogens is 1. The highest BCUT2D eigenvalue weighted by molar-refractivity contribution is 5.93. The van der Waals surface area contributed by atoms with Gasteiger partial charge in [0.05, 0.1) is 5.56 Å². The number of anilines is 1. The summed E-state index contributed by atoms with van der Waals surface area (Å²) in [5, 5.41) is 2.78. The lowest BCUT2D eigenvalue weighted by molar-refractivity contribution is 0.0955. The molecule has 0 unspecified atom stereocenters. The molecule has 0 bridgehead atoms. The summed E-state index contributed by atoms with van der Waals surface area (Å²) in [6.07, 6.45) is 1.66. The van der Waals surface area contributed by atoms with Gasteiger partial charge >= 0.3 is 0 Å². The molecular weight excluding hydrogens is 240 g/mol. The van der Waals surface area contributed by atoms with E-state index >= 15 is 0 Å². The number of rotatable bonds is 4. The Morgan fingerprint density at radius 1 is 1.26 bits per heavy atom. The van der Waals surface area contributed by atoms with Gasteiger partial charge in [-0.2, -0.15) is 0 Å². The molecule has 104 valence electrons. The third-order valence-corrected chi connectivity index (χ3v) is 3.49. The molecule has 1 N–H and O–H groups in total. The summed E-state index contributed by atoms with van der Waals surface area (Å²) in [5.41, 5.74) is 0.623. The summed E-state index contributed by atoms with van der Waals surface area (Å²) in [4.78, 5) is 20.7. The Hall–Kier alpha value is -1.62. The van der Waals surface area contributed by atoms with Gasteiger partial charge in [-0.15, -0.1) is 0 Å². The summed E-state index contributed by atoms with van der Waals surface area (Å²) in [6, 6.07) is 3.78. The highest BCUT2D eigenvalue weighted by Crippen LogP contribution is 2.13. The minimum absolute atomic E-state index is 0.0580. The first-order chi connectivity index (χ1) is 9.24. The third kappa shape index (κ3) is 3.44. The van der Waals surface area contributed by atoms with Gasteiger partial charge in [0.2, 0.25) is 0 Å². The number of carbonyl (C=O) groups excluding carboxylic acids is 1. The summed E-state index contributed by atoms with van der Waals surface area (Å²) >= 11 is 0. The van der Waals surface area contributed by atoms with Crippen LogP contribution < -0.4 is 10.2 Å². The molecule has 0 saturated carbocycles. The molecule has 2 rings (SSSR count). The highest BCUT2D eigenvalue weighted by atomic mass is 16.1. The molecule has 0 radical (unpaired) electrons.